The van der Waals surface area contributed by atoms with Crippen molar-refractivity contribution in [3.8, 4) is 23.8 Å². The van der Waals surface area contributed by atoms with Crippen LogP contribution in [0.4, 0.5) is 4.79 Å². The van der Waals surface area contributed by atoms with Crippen molar-refractivity contribution < 1.29 is 19.1 Å². The van der Waals surface area contributed by atoms with Gasteiger partial charge in [0.2, 0.25) is 0 Å². The van der Waals surface area contributed by atoms with Gasteiger partial charge in [0.05, 0.1) is 13.7 Å². The molecule has 3 amide bonds. The molecule has 1 heterocycles. The number of methoxy groups -OCH3 is 1. The minimum Gasteiger partial charge on any atom is -0.493 e. The van der Waals surface area contributed by atoms with Gasteiger partial charge in [0.1, 0.15) is 12.3 Å². The Morgan fingerprint density at radius 2 is 2.03 bits per heavy atom. The molecular weight excluding hydrogens is 436 g/mol. The molecule has 0 spiro atoms. The van der Waals surface area contributed by atoms with Crippen molar-refractivity contribution in [2.24, 2.45) is 0 Å². The zero-order valence-electron chi connectivity index (χ0n) is 16.0. The number of amides is 3. The van der Waals surface area contributed by atoms with Crippen molar-refractivity contribution in [3.05, 3.63) is 63.3 Å². The molecule has 0 aromatic heterocycles. The Morgan fingerprint density at radius 1 is 1.24 bits per heavy atom. The topological polar surface area (TPSA) is 67.9 Å². The smallest absolute Gasteiger partial charge is 0.329 e. The number of benzene rings is 2. The molecule has 1 aliphatic rings. The summed E-state index contributed by atoms with van der Waals surface area (Å²) in [6, 6.07) is 10.6. The lowest BCUT2D eigenvalue weighted by molar-refractivity contribution is -0.123. The van der Waals surface area contributed by atoms with Crippen LogP contribution in [0.2, 0.25) is 0 Å². The summed E-state index contributed by atoms with van der Waals surface area (Å²) in [4.78, 5) is 26.3. The van der Waals surface area contributed by atoms with Crippen LogP contribution in [0.15, 0.2) is 46.6 Å². The number of terminal acetylenes is 1. The number of nitrogens with zero attached hydrogens (tertiary/aromatic N) is 1. The van der Waals surface area contributed by atoms with Crippen molar-refractivity contribution in [1.82, 2.24) is 10.2 Å². The predicted molar refractivity (Wildman–Crippen MR) is 113 cm³/mol. The van der Waals surface area contributed by atoms with E-state index in [9.17, 15) is 9.59 Å². The number of halogens is 1. The molecule has 3 rings (SSSR count). The van der Waals surface area contributed by atoms with Gasteiger partial charge in [-0.15, -0.1) is 6.42 Å². The number of nitrogens with one attached hydrogen (secondary N) is 1. The van der Waals surface area contributed by atoms with E-state index >= 15 is 0 Å². The Morgan fingerprint density at radius 3 is 2.72 bits per heavy atom. The van der Waals surface area contributed by atoms with Gasteiger partial charge in [-0.05, 0) is 36.3 Å². The first-order valence-electron chi connectivity index (χ1n) is 8.77. The number of urea groups is 1. The Labute approximate surface area is 177 Å². The van der Waals surface area contributed by atoms with E-state index in [0.717, 1.165) is 11.1 Å². The minimum atomic E-state index is -0.459. The van der Waals surface area contributed by atoms with E-state index < -0.39 is 11.9 Å². The predicted octanol–water partition coefficient (Wildman–Crippen LogP) is 3.87. The second-order valence-electron chi connectivity index (χ2n) is 6.39. The maximum Gasteiger partial charge on any atom is 0.329 e. The fraction of sp³-hybridized carbons (Fsp3) is 0.182. The molecule has 0 saturated carbocycles. The second kappa shape index (κ2) is 8.84. The fourth-order valence-electron chi connectivity index (χ4n) is 2.92. The molecule has 0 radical (unpaired) electrons. The molecule has 1 N–H and O–H groups in total. The first-order chi connectivity index (χ1) is 13.9. The van der Waals surface area contributed by atoms with Crippen LogP contribution >= 0.6 is 15.9 Å². The van der Waals surface area contributed by atoms with Crippen molar-refractivity contribution >= 4 is 33.9 Å². The van der Waals surface area contributed by atoms with Gasteiger partial charge in [0.25, 0.3) is 5.91 Å². The molecule has 0 atom stereocenters. The van der Waals surface area contributed by atoms with Crippen LogP contribution < -0.4 is 14.8 Å². The highest BCUT2D eigenvalue weighted by atomic mass is 79.9. The highest BCUT2D eigenvalue weighted by Gasteiger charge is 2.33. The van der Waals surface area contributed by atoms with E-state index in [1.165, 1.54) is 12.0 Å². The second-order valence-corrected chi connectivity index (χ2v) is 7.24. The van der Waals surface area contributed by atoms with E-state index in [1.54, 1.807) is 18.2 Å². The van der Waals surface area contributed by atoms with Crippen LogP contribution in [0, 0.1) is 19.3 Å². The van der Waals surface area contributed by atoms with Crippen LogP contribution in [0.1, 0.15) is 16.7 Å². The monoisotopic (exact) mass is 454 g/mol. The van der Waals surface area contributed by atoms with Gasteiger partial charge >= 0.3 is 6.03 Å². The number of carbonyl (C=O) groups excluding carboxylic acids is 2. The summed E-state index contributed by atoms with van der Waals surface area (Å²) in [5, 5.41) is 2.63. The third-order valence-electron chi connectivity index (χ3n) is 4.28. The molecule has 2 aromatic carbocycles. The number of carbonyl (C=O) groups is 2. The molecule has 7 heteroatoms. The Balaban J connectivity index is 1.86. The Hall–Kier alpha value is -3.24. The third kappa shape index (κ3) is 4.61. The molecule has 1 saturated heterocycles. The highest BCUT2D eigenvalue weighted by molar-refractivity contribution is 9.10. The fourth-order valence-corrected chi connectivity index (χ4v) is 3.35. The Bertz CT molecular complexity index is 1040. The van der Waals surface area contributed by atoms with Crippen LogP contribution in [-0.2, 0) is 11.3 Å². The van der Waals surface area contributed by atoms with Gasteiger partial charge in [0.15, 0.2) is 11.5 Å². The van der Waals surface area contributed by atoms with Crippen molar-refractivity contribution in [3.63, 3.8) is 0 Å². The lowest BCUT2D eigenvalue weighted by atomic mass is 10.1. The number of rotatable bonds is 6. The SMILES string of the molecule is C#CCOc1cc(Br)c(/C=C2/NC(=O)N(Cc3cccc(C)c3)C2=O)cc1OC. The Kier molecular flexibility index (Phi) is 6.25. The van der Waals surface area contributed by atoms with Gasteiger partial charge in [-0.25, -0.2) is 4.79 Å². The van der Waals surface area contributed by atoms with E-state index in [-0.39, 0.29) is 18.8 Å². The van der Waals surface area contributed by atoms with E-state index in [0.29, 0.717) is 21.5 Å². The first-order valence-corrected chi connectivity index (χ1v) is 9.56. The van der Waals surface area contributed by atoms with Crippen molar-refractivity contribution in [1.29, 1.82) is 0 Å². The minimum absolute atomic E-state index is 0.103. The summed E-state index contributed by atoms with van der Waals surface area (Å²) in [5.41, 5.74) is 2.78. The molecule has 0 unspecified atom stereocenters. The molecule has 1 aliphatic heterocycles. The van der Waals surface area contributed by atoms with E-state index in [4.69, 9.17) is 15.9 Å². The number of aryl methyl sites for hydroxylation is 1. The first kappa shape index (κ1) is 20.5. The molecule has 1 fully saturated rings. The maximum absolute atomic E-state index is 12.8. The van der Waals surface area contributed by atoms with Crippen LogP contribution in [-0.4, -0.2) is 30.6 Å². The average molecular weight is 455 g/mol. The summed E-state index contributed by atoms with van der Waals surface area (Å²) >= 11 is 3.45. The van der Waals surface area contributed by atoms with Crippen LogP contribution in [0.3, 0.4) is 0 Å². The molecule has 2 aromatic rings. The normalized spacial score (nSPS) is 14.7. The van der Waals surface area contributed by atoms with Gasteiger partial charge in [-0.2, -0.15) is 0 Å². The molecule has 0 aliphatic carbocycles. The number of imide groups is 1. The number of ether oxygens (including phenoxy) is 2. The molecule has 0 bridgehead atoms. The number of hydrogen-bond acceptors (Lipinski definition) is 4. The quantitative estimate of drug-likeness (QED) is 0.408. The van der Waals surface area contributed by atoms with Crippen LogP contribution in [0.25, 0.3) is 6.08 Å². The molecule has 29 heavy (non-hydrogen) atoms. The van der Waals surface area contributed by atoms with Gasteiger partial charge in [-0.1, -0.05) is 51.7 Å². The molecule has 6 nitrogen and oxygen atoms in total. The summed E-state index contributed by atoms with van der Waals surface area (Å²) in [6.45, 7) is 2.27. The summed E-state index contributed by atoms with van der Waals surface area (Å²) in [7, 11) is 1.51. The van der Waals surface area contributed by atoms with Crippen molar-refractivity contribution in [2.75, 3.05) is 13.7 Å². The summed E-state index contributed by atoms with van der Waals surface area (Å²) in [5.74, 6) is 2.94. The maximum atomic E-state index is 12.8. The molecular formula is C22H19BrN2O4. The third-order valence-corrected chi connectivity index (χ3v) is 4.97. The average Bonchev–Trinajstić information content (AvgIpc) is 2.95. The van der Waals surface area contributed by atoms with Crippen molar-refractivity contribution in [2.45, 2.75) is 13.5 Å². The highest BCUT2D eigenvalue weighted by Crippen LogP contribution is 2.35. The lowest BCUT2D eigenvalue weighted by Gasteiger charge is -2.12. The standard InChI is InChI=1S/C22H19BrN2O4/c1-4-8-29-20-12-17(23)16(11-19(20)28-3)10-18-21(26)25(22(27)24-18)13-15-7-5-6-14(2)9-15/h1,5-7,9-12H,8,13H2,2-3H3,(H,24,27)/b18-10+. The van der Waals surface area contributed by atoms with Crippen LogP contribution in [0.5, 0.6) is 11.5 Å². The van der Waals surface area contributed by atoms with Gasteiger partial charge in [0, 0.05) is 4.47 Å². The molecule has 148 valence electrons. The summed E-state index contributed by atoms with van der Waals surface area (Å²) in [6.07, 6.45) is 6.82. The largest absolute Gasteiger partial charge is 0.493 e. The van der Waals surface area contributed by atoms with Gasteiger partial charge in [-0.3, -0.25) is 9.69 Å². The number of hydrogen-bond donors (Lipinski definition) is 1. The summed E-state index contributed by atoms with van der Waals surface area (Å²) < 4.78 is 11.5. The van der Waals surface area contributed by atoms with Gasteiger partial charge < -0.3 is 14.8 Å². The zero-order valence-corrected chi connectivity index (χ0v) is 17.6. The van der Waals surface area contributed by atoms with E-state index in [2.05, 4.69) is 27.2 Å². The van der Waals surface area contributed by atoms with E-state index in [1.807, 2.05) is 31.2 Å². The lowest BCUT2D eigenvalue weighted by Crippen LogP contribution is -2.30. The zero-order chi connectivity index (χ0) is 21.0.